The second-order valence-electron chi connectivity index (χ2n) is 11.6. The summed E-state index contributed by atoms with van der Waals surface area (Å²) >= 11 is 0. The molecular weight excluding hydrogens is 554 g/mol. The molecule has 5 rings (SSSR count). The smallest absolute Gasteiger partial charge is 0.251 e. The van der Waals surface area contributed by atoms with Crippen LogP contribution >= 0.6 is 0 Å². The summed E-state index contributed by atoms with van der Waals surface area (Å²) < 4.78 is 7.61. The molecule has 1 aliphatic heterocycles. The Morgan fingerprint density at radius 2 is 1.80 bits per heavy atom. The van der Waals surface area contributed by atoms with Crippen molar-refractivity contribution < 1.29 is 19.4 Å². The van der Waals surface area contributed by atoms with Crippen LogP contribution in [0.4, 0.5) is 0 Å². The first-order valence-electron chi connectivity index (χ1n) is 15.5. The normalized spacial score (nSPS) is 15.8. The fourth-order valence-electron chi connectivity index (χ4n) is 6.07. The van der Waals surface area contributed by atoms with Crippen LogP contribution in [-0.2, 0) is 22.5 Å². The lowest BCUT2D eigenvalue weighted by molar-refractivity contribution is -0.132. The Morgan fingerprint density at radius 3 is 2.52 bits per heavy atom. The number of imidazole rings is 1. The Hall–Kier alpha value is -4.05. The van der Waals surface area contributed by atoms with Crippen LogP contribution in [0.3, 0.4) is 0 Å². The van der Waals surface area contributed by atoms with Crippen molar-refractivity contribution in [2.45, 2.75) is 50.6 Å². The number of likely N-dealkylation sites (tertiary alicyclic amines) is 1. The van der Waals surface area contributed by atoms with Gasteiger partial charge >= 0.3 is 0 Å². The summed E-state index contributed by atoms with van der Waals surface area (Å²) in [5, 5.41) is 11.6. The number of fused-ring (bicyclic) bond motifs is 1. The largest absolute Gasteiger partial charge is 0.395 e. The minimum atomic E-state index is -0.274. The van der Waals surface area contributed by atoms with Crippen molar-refractivity contribution in [3.8, 4) is 11.1 Å². The number of nitrogens with one attached hydrogen (secondary N) is 1. The van der Waals surface area contributed by atoms with Crippen LogP contribution in [0.15, 0.2) is 72.8 Å². The van der Waals surface area contributed by atoms with E-state index in [1.807, 2.05) is 53.4 Å². The van der Waals surface area contributed by atoms with E-state index in [0.717, 1.165) is 65.9 Å². The molecule has 9 heteroatoms. The summed E-state index contributed by atoms with van der Waals surface area (Å²) in [5.41, 5.74) is 12.3. The number of hydrogen-bond donors (Lipinski definition) is 3. The molecule has 1 fully saturated rings. The highest BCUT2D eigenvalue weighted by atomic mass is 16.5. The van der Waals surface area contributed by atoms with Gasteiger partial charge in [0.1, 0.15) is 5.82 Å². The number of benzene rings is 3. The Kier molecular flexibility index (Phi) is 10.8. The van der Waals surface area contributed by atoms with E-state index in [-0.39, 0.29) is 36.9 Å². The average Bonchev–Trinajstić information content (AvgIpc) is 3.43. The number of ether oxygens (including phenoxy) is 1. The van der Waals surface area contributed by atoms with Gasteiger partial charge in [0.2, 0.25) is 5.91 Å². The number of carbonyl (C=O) groups excluding carboxylic acids is 2. The highest BCUT2D eigenvalue weighted by Crippen LogP contribution is 2.30. The van der Waals surface area contributed by atoms with E-state index in [1.54, 1.807) is 19.2 Å². The molecule has 2 heterocycles. The molecule has 4 N–H and O–H groups in total. The monoisotopic (exact) mass is 597 g/mol. The number of amides is 2. The Balaban J connectivity index is 1.17. The van der Waals surface area contributed by atoms with E-state index in [9.17, 15) is 9.59 Å². The summed E-state index contributed by atoms with van der Waals surface area (Å²) in [6.07, 6.45) is 3.78. The molecule has 0 saturated carbocycles. The van der Waals surface area contributed by atoms with Crippen molar-refractivity contribution in [2.24, 2.45) is 5.73 Å². The molecule has 1 saturated heterocycles. The summed E-state index contributed by atoms with van der Waals surface area (Å²) in [5.74, 6) is 1.14. The second-order valence-corrected chi connectivity index (χ2v) is 11.6. The predicted octanol–water partition coefficient (Wildman–Crippen LogP) is 4.13. The molecular formula is C35H43N5O4. The molecule has 2 atom stereocenters. The second kappa shape index (κ2) is 15.1. The van der Waals surface area contributed by atoms with Crippen LogP contribution in [0.25, 0.3) is 22.2 Å². The molecule has 0 bridgehead atoms. The molecule has 1 aliphatic rings. The van der Waals surface area contributed by atoms with E-state index in [4.69, 9.17) is 20.6 Å². The SMILES string of the molecule is COCCCn1c([C@@H]2CCCN(C(=O)C[C@H](N)Cc3ccc(-c4ccc(C(=O)NCCO)cc4)cc3)C2)nc2ccccc21. The predicted molar refractivity (Wildman–Crippen MR) is 172 cm³/mol. The van der Waals surface area contributed by atoms with Gasteiger partial charge in [0.25, 0.3) is 5.91 Å². The van der Waals surface area contributed by atoms with Crippen molar-refractivity contribution in [1.82, 2.24) is 19.8 Å². The van der Waals surface area contributed by atoms with E-state index in [0.29, 0.717) is 31.6 Å². The number of aliphatic hydroxyl groups is 1. The number of piperidine rings is 1. The van der Waals surface area contributed by atoms with Gasteiger partial charge in [-0.1, -0.05) is 48.5 Å². The van der Waals surface area contributed by atoms with E-state index in [1.165, 1.54) is 0 Å². The lowest BCUT2D eigenvalue weighted by atomic mass is 9.95. The summed E-state index contributed by atoms with van der Waals surface area (Å²) in [6.45, 7) is 3.09. The van der Waals surface area contributed by atoms with Crippen LogP contribution in [0, 0.1) is 0 Å². The number of methoxy groups -OCH3 is 1. The zero-order chi connectivity index (χ0) is 30.9. The number of hydrogen-bond acceptors (Lipinski definition) is 6. The number of carbonyl (C=O) groups is 2. The van der Waals surface area contributed by atoms with Crippen LogP contribution in [0.2, 0.25) is 0 Å². The third-order valence-electron chi connectivity index (χ3n) is 8.32. The molecule has 44 heavy (non-hydrogen) atoms. The van der Waals surface area contributed by atoms with Gasteiger partial charge in [-0.3, -0.25) is 9.59 Å². The number of aliphatic hydroxyl groups excluding tert-OH is 1. The zero-order valence-electron chi connectivity index (χ0n) is 25.5. The molecule has 3 aromatic carbocycles. The van der Waals surface area contributed by atoms with Gasteiger partial charge in [0, 0.05) is 63.8 Å². The minimum Gasteiger partial charge on any atom is -0.395 e. The number of nitrogens with two attached hydrogens (primary N) is 1. The van der Waals surface area contributed by atoms with Crippen LogP contribution < -0.4 is 11.1 Å². The van der Waals surface area contributed by atoms with Crippen molar-refractivity contribution in [1.29, 1.82) is 0 Å². The van der Waals surface area contributed by atoms with Gasteiger partial charge in [-0.25, -0.2) is 4.98 Å². The van der Waals surface area contributed by atoms with Crippen LogP contribution in [-0.4, -0.2) is 77.4 Å². The minimum absolute atomic E-state index is 0.0899. The summed E-state index contributed by atoms with van der Waals surface area (Å²) in [6, 6.07) is 23.5. The fraction of sp³-hybridized carbons (Fsp3) is 0.400. The van der Waals surface area contributed by atoms with Gasteiger partial charge < -0.3 is 30.4 Å². The molecule has 2 amide bonds. The molecule has 0 unspecified atom stereocenters. The van der Waals surface area contributed by atoms with Crippen molar-refractivity contribution in [3.05, 3.63) is 89.7 Å². The fourth-order valence-corrected chi connectivity index (χ4v) is 6.07. The van der Waals surface area contributed by atoms with Crippen LogP contribution in [0.1, 0.15) is 53.3 Å². The number of aromatic nitrogens is 2. The van der Waals surface area contributed by atoms with Crippen molar-refractivity contribution in [3.63, 3.8) is 0 Å². The maximum atomic E-state index is 13.4. The van der Waals surface area contributed by atoms with E-state index < -0.39 is 0 Å². The maximum Gasteiger partial charge on any atom is 0.251 e. The Labute approximate surface area is 259 Å². The van der Waals surface area contributed by atoms with Gasteiger partial charge in [-0.2, -0.15) is 0 Å². The quantitative estimate of drug-likeness (QED) is 0.199. The average molecular weight is 598 g/mol. The molecule has 232 valence electrons. The molecule has 0 radical (unpaired) electrons. The Bertz CT molecular complexity index is 1530. The lowest BCUT2D eigenvalue weighted by Gasteiger charge is -2.33. The highest BCUT2D eigenvalue weighted by molar-refractivity contribution is 5.94. The van der Waals surface area contributed by atoms with Gasteiger partial charge in [0.15, 0.2) is 0 Å². The first-order chi connectivity index (χ1) is 21.5. The van der Waals surface area contributed by atoms with Crippen molar-refractivity contribution in [2.75, 3.05) is 40.0 Å². The van der Waals surface area contributed by atoms with Gasteiger partial charge in [0.05, 0.1) is 17.6 Å². The third kappa shape index (κ3) is 7.72. The molecule has 9 nitrogen and oxygen atoms in total. The standard InChI is InChI=1S/C35H43N5O4/c1-44-21-5-19-40-32-8-3-2-7-31(32)38-34(40)29-6-4-18-39(24-29)33(42)23-30(36)22-25-9-11-26(12-10-25)27-13-15-28(16-14-27)35(43)37-17-20-41/h2-3,7-16,29-30,41H,4-6,17-24,36H2,1H3,(H,37,43)/t29-,30-/m1/s1. The number of para-hydroxylation sites is 2. The first kappa shape index (κ1) is 31.4. The number of aryl methyl sites for hydroxylation is 1. The first-order valence-corrected chi connectivity index (χ1v) is 15.5. The molecule has 1 aromatic heterocycles. The third-order valence-corrected chi connectivity index (χ3v) is 8.32. The van der Waals surface area contributed by atoms with E-state index in [2.05, 4.69) is 22.0 Å². The molecule has 0 aliphatic carbocycles. The summed E-state index contributed by atoms with van der Waals surface area (Å²) in [4.78, 5) is 32.4. The van der Waals surface area contributed by atoms with E-state index >= 15 is 0 Å². The van der Waals surface area contributed by atoms with Crippen molar-refractivity contribution >= 4 is 22.8 Å². The summed E-state index contributed by atoms with van der Waals surface area (Å²) in [7, 11) is 1.73. The zero-order valence-corrected chi connectivity index (χ0v) is 25.5. The van der Waals surface area contributed by atoms with Crippen LogP contribution in [0.5, 0.6) is 0 Å². The number of rotatable bonds is 13. The van der Waals surface area contributed by atoms with Gasteiger partial charge in [-0.05, 0) is 66.6 Å². The highest BCUT2D eigenvalue weighted by Gasteiger charge is 2.29. The van der Waals surface area contributed by atoms with Gasteiger partial charge in [-0.15, -0.1) is 0 Å². The number of nitrogens with zero attached hydrogens (tertiary/aromatic N) is 3. The lowest BCUT2D eigenvalue weighted by Crippen LogP contribution is -2.42. The maximum absolute atomic E-state index is 13.4. The molecule has 4 aromatic rings. The molecule has 0 spiro atoms. The topological polar surface area (TPSA) is 123 Å². The Morgan fingerprint density at radius 1 is 1.07 bits per heavy atom.